The van der Waals surface area contributed by atoms with E-state index in [4.69, 9.17) is 0 Å². The minimum absolute atomic E-state index is 0.207. The van der Waals surface area contributed by atoms with E-state index in [1.807, 2.05) is 0 Å². The fraction of sp³-hybridized carbons (Fsp3) is 0.273. The number of aryl methyl sites for hydroxylation is 1. The van der Waals surface area contributed by atoms with Crippen molar-refractivity contribution >= 4 is 12.6 Å². The Balaban J connectivity index is 3.17. The highest BCUT2D eigenvalue weighted by molar-refractivity contribution is 7.80. The van der Waals surface area contributed by atoms with Gasteiger partial charge in [-0.1, -0.05) is 17.9 Å². The average molecular weight is 230 g/mol. The van der Waals surface area contributed by atoms with Crippen LogP contribution in [0, 0.1) is 18.8 Å². The molecule has 0 saturated heterocycles. The standard InChI is InChI=1S/C11H9F3S/c1-8-4-5-9(3-2-6-15)7-10(8)11(12,13)14/h4-5,7,15H,6H2,1H3. The summed E-state index contributed by atoms with van der Waals surface area (Å²) in [5.41, 5.74) is -0.0608. The second-order valence-corrected chi connectivity index (χ2v) is 3.30. The van der Waals surface area contributed by atoms with Crippen molar-refractivity contribution in [3.05, 3.63) is 34.9 Å². The number of benzene rings is 1. The van der Waals surface area contributed by atoms with Crippen LogP contribution in [0.5, 0.6) is 0 Å². The van der Waals surface area contributed by atoms with Crippen LogP contribution in [0.15, 0.2) is 18.2 Å². The van der Waals surface area contributed by atoms with Crippen molar-refractivity contribution in [1.82, 2.24) is 0 Å². The lowest BCUT2D eigenvalue weighted by Gasteiger charge is -2.09. The fourth-order valence-electron chi connectivity index (χ4n) is 1.15. The topological polar surface area (TPSA) is 0 Å². The first-order chi connectivity index (χ1) is 6.95. The molecule has 4 heteroatoms. The van der Waals surface area contributed by atoms with Gasteiger partial charge < -0.3 is 0 Å². The van der Waals surface area contributed by atoms with Crippen molar-refractivity contribution in [3.8, 4) is 11.8 Å². The number of rotatable bonds is 0. The normalized spacial score (nSPS) is 10.7. The van der Waals surface area contributed by atoms with Crippen LogP contribution in [-0.2, 0) is 6.18 Å². The maximum Gasteiger partial charge on any atom is 0.416 e. The molecule has 80 valence electrons. The highest BCUT2D eigenvalue weighted by atomic mass is 32.1. The number of hydrogen-bond acceptors (Lipinski definition) is 1. The van der Waals surface area contributed by atoms with E-state index < -0.39 is 11.7 Å². The van der Waals surface area contributed by atoms with Crippen LogP contribution in [0.1, 0.15) is 16.7 Å². The van der Waals surface area contributed by atoms with Crippen molar-refractivity contribution in [2.75, 3.05) is 5.75 Å². The monoisotopic (exact) mass is 230 g/mol. The van der Waals surface area contributed by atoms with Crippen molar-refractivity contribution in [2.24, 2.45) is 0 Å². The van der Waals surface area contributed by atoms with Gasteiger partial charge in [0.2, 0.25) is 0 Å². The molecule has 0 N–H and O–H groups in total. The molecule has 1 aromatic carbocycles. The van der Waals surface area contributed by atoms with Gasteiger partial charge in [0.1, 0.15) is 0 Å². The predicted octanol–water partition coefficient (Wildman–Crippen LogP) is 3.30. The van der Waals surface area contributed by atoms with Gasteiger partial charge in [-0.15, -0.1) is 0 Å². The maximum atomic E-state index is 12.5. The summed E-state index contributed by atoms with van der Waals surface area (Å²) in [6.45, 7) is 1.43. The molecule has 0 aromatic heterocycles. The molecule has 0 spiro atoms. The largest absolute Gasteiger partial charge is 0.416 e. The summed E-state index contributed by atoms with van der Waals surface area (Å²) in [7, 11) is 0. The first-order valence-corrected chi connectivity index (χ1v) is 4.86. The van der Waals surface area contributed by atoms with Crippen molar-refractivity contribution < 1.29 is 13.2 Å². The lowest BCUT2D eigenvalue weighted by atomic mass is 10.0. The van der Waals surface area contributed by atoms with Crippen LogP contribution in [0.25, 0.3) is 0 Å². The second kappa shape index (κ2) is 4.63. The smallest absolute Gasteiger partial charge is 0.166 e. The third-order valence-electron chi connectivity index (χ3n) is 1.85. The Morgan fingerprint density at radius 1 is 1.33 bits per heavy atom. The molecule has 0 fully saturated rings. The van der Waals surface area contributed by atoms with Crippen LogP contribution < -0.4 is 0 Å². The molecule has 0 aliphatic carbocycles. The molecule has 0 aliphatic rings. The molecule has 0 nitrogen and oxygen atoms in total. The van der Waals surface area contributed by atoms with Crippen LogP contribution in [-0.4, -0.2) is 5.75 Å². The van der Waals surface area contributed by atoms with Crippen LogP contribution in [0.2, 0.25) is 0 Å². The summed E-state index contributed by atoms with van der Waals surface area (Å²) in [4.78, 5) is 0. The Morgan fingerprint density at radius 3 is 2.53 bits per heavy atom. The zero-order valence-electron chi connectivity index (χ0n) is 8.02. The molecule has 0 saturated carbocycles. The average Bonchev–Trinajstić information content (AvgIpc) is 2.15. The van der Waals surface area contributed by atoms with E-state index in [0.717, 1.165) is 6.07 Å². The minimum Gasteiger partial charge on any atom is -0.166 e. The molecule has 0 bridgehead atoms. The highest BCUT2D eigenvalue weighted by Crippen LogP contribution is 2.32. The maximum absolute atomic E-state index is 12.5. The molecule has 0 radical (unpaired) electrons. The van der Waals surface area contributed by atoms with Gasteiger partial charge in [0.15, 0.2) is 0 Å². The van der Waals surface area contributed by atoms with Gasteiger partial charge in [0.05, 0.1) is 11.3 Å². The summed E-state index contributed by atoms with van der Waals surface area (Å²) in [5.74, 6) is 5.55. The quantitative estimate of drug-likeness (QED) is 0.513. The Labute approximate surface area is 91.9 Å². The Bertz CT molecular complexity index is 410. The molecule has 1 rings (SSSR count). The lowest BCUT2D eigenvalue weighted by Crippen LogP contribution is -2.07. The van der Waals surface area contributed by atoms with E-state index in [2.05, 4.69) is 24.5 Å². The molecule has 15 heavy (non-hydrogen) atoms. The Hall–Kier alpha value is -1.08. The minimum atomic E-state index is -4.32. The fourth-order valence-corrected chi connectivity index (χ4v) is 1.23. The summed E-state index contributed by atoms with van der Waals surface area (Å²) in [6, 6.07) is 4.05. The molecule has 0 aliphatic heterocycles. The first kappa shape index (κ1) is 12.0. The van der Waals surface area contributed by atoms with Gasteiger partial charge in [-0.05, 0) is 24.6 Å². The Morgan fingerprint density at radius 2 is 2.00 bits per heavy atom. The number of thiol groups is 1. The molecule has 0 amide bonds. The van der Waals surface area contributed by atoms with Crippen molar-refractivity contribution in [2.45, 2.75) is 13.1 Å². The summed E-state index contributed by atoms with van der Waals surface area (Å²) in [6.07, 6.45) is -4.32. The summed E-state index contributed by atoms with van der Waals surface area (Å²) < 4.78 is 37.5. The van der Waals surface area contributed by atoms with Gasteiger partial charge in [0, 0.05) is 5.56 Å². The summed E-state index contributed by atoms with van der Waals surface area (Å²) >= 11 is 3.86. The van der Waals surface area contributed by atoms with E-state index in [0.29, 0.717) is 11.3 Å². The van der Waals surface area contributed by atoms with E-state index in [1.165, 1.54) is 13.0 Å². The summed E-state index contributed by atoms with van der Waals surface area (Å²) in [5, 5.41) is 0. The van der Waals surface area contributed by atoms with E-state index >= 15 is 0 Å². The molecule has 0 atom stereocenters. The van der Waals surface area contributed by atoms with Crippen molar-refractivity contribution in [1.29, 1.82) is 0 Å². The third kappa shape index (κ3) is 3.21. The SMILES string of the molecule is Cc1ccc(C#CCS)cc1C(F)(F)F. The zero-order valence-corrected chi connectivity index (χ0v) is 8.91. The molecular formula is C11H9F3S. The molecule has 0 unspecified atom stereocenters. The van der Waals surface area contributed by atoms with E-state index in [-0.39, 0.29) is 5.56 Å². The van der Waals surface area contributed by atoms with Crippen LogP contribution in [0.3, 0.4) is 0 Å². The molecular weight excluding hydrogens is 221 g/mol. The Kier molecular flexibility index (Phi) is 3.70. The molecule has 0 heterocycles. The number of halogens is 3. The van der Waals surface area contributed by atoms with Gasteiger partial charge in [-0.3, -0.25) is 0 Å². The van der Waals surface area contributed by atoms with E-state index in [1.54, 1.807) is 6.07 Å². The van der Waals surface area contributed by atoms with E-state index in [9.17, 15) is 13.2 Å². The number of hydrogen-bond donors (Lipinski definition) is 1. The van der Waals surface area contributed by atoms with Crippen LogP contribution >= 0.6 is 12.6 Å². The highest BCUT2D eigenvalue weighted by Gasteiger charge is 2.32. The van der Waals surface area contributed by atoms with Gasteiger partial charge in [-0.25, -0.2) is 0 Å². The first-order valence-electron chi connectivity index (χ1n) is 4.22. The van der Waals surface area contributed by atoms with Gasteiger partial charge >= 0.3 is 6.18 Å². The van der Waals surface area contributed by atoms with Crippen LogP contribution in [0.4, 0.5) is 13.2 Å². The third-order valence-corrected chi connectivity index (χ3v) is 2.01. The van der Waals surface area contributed by atoms with Crippen molar-refractivity contribution in [3.63, 3.8) is 0 Å². The predicted molar refractivity (Wildman–Crippen MR) is 56.9 cm³/mol. The lowest BCUT2D eigenvalue weighted by molar-refractivity contribution is -0.138. The van der Waals surface area contributed by atoms with Gasteiger partial charge in [0.25, 0.3) is 0 Å². The van der Waals surface area contributed by atoms with Gasteiger partial charge in [-0.2, -0.15) is 25.8 Å². The zero-order chi connectivity index (χ0) is 11.5. The second-order valence-electron chi connectivity index (χ2n) is 2.99. The number of alkyl halides is 3. The molecule has 1 aromatic rings.